The Morgan fingerprint density at radius 3 is 2.26 bits per heavy atom. The van der Waals surface area contributed by atoms with Crippen molar-refractivity contribution in [1.82, 2.24) is 0 Å². The van der Waals surface area contributed by atoms with Gasteiger partial charge in [-0.3, -0.25) is 0 Å². The molecule has 1 aliphatic carbocycles. The Kier molecular flexibility index (Phi) is 4.81. The highest BCUT2D eigenvalue weighted by Crippen LogP contribution is 2.44. The molecule has 4 aromatic carbocycles. The summed E-state index contributed by atoms with van der Waals surface area (Å²) < 4.78 is 6.34. The molecule has 5 aromatic rings. The van der Waals surface area contributed by atoms with Gasteiger partial charge in [-0.2, -0.15) is 0 Å². The van der Waals surface area contributed by atoms with E-state index in [1.54, 1.807) is 0 Å². The molecular weight excluding hydrogens is 412 g/mol. The van der Waals surface area contributed by atoms with E-state index in [0.717, 1.165) is 17.8 Å². The standard InChI is InChI=1S/C33H28O/c1-22-13-15-24(16-14-22)26-19-29(25-9-5-4-6-10-25)23(2)30(20-26)33(3)18-17-28-27-11-7-8-12-31(27)34-32(28)21-33/h4-20H,21H2,1-3H3. The number of hydrogen-bond acceptors (Lipinski definition) is 1. The highest BCUT2D eigenvalue weighted by atomic mass is 16.3. The minimum absolute atomic E-state index is 0.158. The van der Waals surface area contributed by atoms with Crippen molar-refractivity contribution in [2.75, 3.05) is 0 Å². The summed E-state index contributed by atoms with van der Waals surface area (Å²) in [5.41, 5.74) is 11.0. The van der Waals surface area contributed by atoms with Crippen molar-refractivity contribution in [2.24, 2.45) is 0 Å². The predicted molar refractivity (Wildman–Crippen MR) is 143 cm³/mol. The maximum absolute atomic E-state index is 6.34. The van der Waals surface area contributed by atoms with Crippen LogP contribution in [0.15, 0.2) is 101 Å². The van der Waals surface area contributed by atoms with Crippen LogP contribution in [0.1, 0.15) is 34.9 Å². The van der Waals surface area contributed by atoms with Gasteiger partial charge in [-0.15, -0.1) is 0 Å². The summed E-state index contributed by atoms with van der Waals surface area (Å²) in [6.45, 7) is 6.75. The normalized spacial score (nSPS) is 17.1. The maximum Gasteiger partial charge on any atom is 0.134 e. The first-order valence-corrected chi connectivity index (χ1v) is 12.0. The van der Waals surface area contributed by atoms with E-state index in [9.17, 15) is 0 Å². The molecule has 1 aliphatic rings. The second-order valence-corrected chi connectivity index (χ2v) is 9.79. The van der Waals surface area contributed by atoms with Gasteiger partial charge in [0.15, 0.2) is 0 Å². The number of benzene rings is 4. The number of rotatable bonds is 3. The molecule has 0 radical (unpaired) electrons. The fraction of sp³-hybridized carbons (Fsp3) is 0.152. The molecule has 1 unspecified atom stereocenters. The third kappa shape index (κ3) is 3.40. The van der Waals surface area contributed by atoms with Gasteiger partial charge < -0.3 is 4.42 Å². The Balaban J connectivity index is 1.54. The second kappa shape index (κ2) is 7.88. The van der Waals surface area contributed by atoms with Crippen LogP contribution in [0, 0.1) is 13.8 Å². The number of allylic oxidation sites excluding steroid dienone is 1. The lowest BCUT2D eigenvalue weighted by Gasteiger charge is -2.32. The van der Waals surface area contributed by atoms with Crippen LogP contribution in [0.5, 0.6) is 0 Å². The SMILES string of the molecule is Cc1ccc(-c2cc(-c3ccccc3)c(C)c(C3(C)C=Cc4c(oc5ccccc45)C3)c2)cc1. The average Bonchev–Trinajstić information content (AvgIpc) is 3.22. The summed E-state index contributed by atoms with van der Waals surface area (Å²) in [5.74, 6) is 1.08. The topological polar surface area (TPSA) is 13.1 Å². The first-order chi connectivity index (χ1) is 16.5. The molecule has 6 rings (SSSR count). The van der Waals surface area contributed by atoms with Crippen molar-refractivity contribution in [1.29, 1.82) is 0 Å². The van der Waals surface area contributed by atoms with Gasteiger partial charge in [0.1, 0.15) is 11.3 Å². The van der Waals surface area contributed by atoms with E-state index in [1.807, 2.05) is 6.07 Å². The van der Waals surface area contributed by atoms with Gasteiger partial charge in [-0.05, 0) is 65.4 Å². The van der Waals surface area contributed by atoms with E-state index < -0.39 is 0 Å². The number of fused-ring (bicyclic) bond motifs is 3. The molecule has 1 nitrogen and oxygen atoms in total. The number of hydrogen-bond donors (Lipinski definition) is 0. The van der Waals surface area contributed by atoms with Crippen molar-refractivity contribution in [3.63, 3.8) is 0 Å². The van der Waals surface area contributed by atoms with Crippen LogP contribution in [0.25, 0.3) is 39.3 Å². The van der Waals surface area contributed by atoms with Crippen LogP contribution in [0.4, 0.5) is 0 Å². The molecule has 0 bridgehead atoms. The van der Waals surface area contributed by atoms with Crippen molar-refractivity contribution >= 4 is 17.0 Å². The zero-order chi connectivity index (χ0) is 23.3. The smallest absolute Gasteiger partial charge is 0.134 e. The van der Waals surface area contributed by atoms with Crippen LogP contribution in [-0.2, 0) is 11.8 Å². The molecule has 0 saturated carbocycles. The number of aryl methyl sites for hydroxylation is 1. The molecule has 166 valence electrons. The van der Waals surface area contributed by atoms with Crippen LogP contribution in [-0.4, -0.2) is 0 Å². The molecule has 0 N–H and O–H groups in total. The molecule has 0 amide bonds. The third-order valence-corrected chi connectivity index (χ3v) is 7.35. The van der Waals surface area contributed by atoms with E-state index in [0.29, 0.717) is 0 Å². The highest BCUT2D eigenvalue weighted by molar-refractivity contribution is 5.90. The van der Waals surface area contributed by atoms with Gasteiger partial charge in [-0.1, -0.05) is 97.4 Å². The Morgan fingerprint density at radius 2 is 1.47 bits per heavy atom. The zero-order valence-electron chi connectivity index (χ0n) is 19.9. The van der Waals surface area contributed by atoms with Crippen molar-refractivity contribution in [2.45, 2.75) is 32.6 Å². The molecule has 1 heteroatoms. The summed E-state index contributed by atoms with van der Waals surface area (Å²) in [5, 5.41) is 1.20. The summed E-state index contributed by atoms with van der Waals surface area (Å²) in [6.07, 6.45) is 5.50. The molecule has 0 aliphatic heterocycles. The van der Waals surface area contributed by atoms with Crippen LogP contribution < -0.4 is 0 Å². The van der Waals surface area contributed by atoms with Gasteiger partial charge in [0.05, 0.1) is 0 Å². The van der Waals surface area contributed by atoms with Crippen LogP contribution in [0.2, 0.25) is 0 Å². The minimum Gasteiger partial charge on any atom is -0.460 e. The van der Waals surface area contributed by atoms with Gasteiger partial charge in [-0.25, -0.2) is 0 Å². The van der Waals surface area contributed by atoms with E-state index in [4.69, 9.17) is 4.42 Å². The summed E-state index contributed by atoms with van der Waals surface area (Å²) in [4.78, 5) is 0. The first kappa shape index (κ1) is 20.7. The van der Waals surface area contributed by atoms with Crippen molar-refractivity contribution < 1.29 is 4.42 Å². The summed E-state index contributed by atoms with van der Waals surface area (Å²) in [7, 11) is 0. The van der Waals surface area contributed by atoms with Gasteiger partial charge in [0.2, 0.25) is 0 Å². The predicted octanol–water partition coefficient (Wildman–Crippen LogP) is 8.91. The molecule has 1 atom stereocenters. The molecule has 0 fully saturated rings. The van der Waals surface area contributed by atoms with Crippen LogP contribution in [0.3, 0.4) is 0 Å². The highest BCUT2D eigenvalue weighted by Gasteiger charge is 2.33. The molecule has 0 saturated heterocycles. The molecule has 0 spiro atoms. The lowest BCUT2D eigenvalue weighted by Crippen LogP contribution is -2.26. The van der Waals surface area contributed by atoms with Crippen molar-refractivity contribution in [3.05, 3.63) is 125 Å². The lowest BCUT2D eigenvalue weighted by atomic mass is 9.71. The van der Waals surface area contributed by atoms with Crippen molar-refractivity contribution in [3.8, 4) is 22.3 Å². The molecule has 1 heterocycles. The zero-order valence-corrected chi connectivity index (χ0v) is 19.9. The van der Waals surface area contributed by atoms with E-state index >= 15 is 0 Å². The third-order valence-electron chi connectivity index (χ3n) is 7.35. The summed E-state index contributed by atoms with van der Waals surface area (Å²) in [6, 6.07) is 32.7. The molecule has 34 heavy (non-hydrogen) atoms. The molecular formula is C33H28O. The monoisotopic (exact) mass is 440 g/mol. The minimum atomic E-state index is -0.158. The Morgan fingerprint density at radius 1 is 0.735 bits per heavy atom. The molecule has 1 aromatic heterocycles. The Hall–Kier alpha value is -3.84. The Labute approximate surface area is 201 Å². The van der Waals surface area contributed by atoms with Gasteiger partial charge in [0, 0.05) is 22.8 Å². The first-order valence-electron chi connectivity index (χ1n) is 12.0. The van der Waals surface area contributed by atoms with E-state index in [-0.39, 0.29) is 5.41 Å². The Bertz CT molecular complexity index is 1530. The fourth-order valence-corrected chi connectivity index (χ4v) is 5.41. The van der Waals surface area contributed by atoms with E-state index in [1.165, 1.54) is 49.9 Å². The van der Waals surface area contributed by atoms with E-state index in [2.05, 4.69) is 118 Å². The second-order valence-electron chi connectivity index (χ2n) is 9.79. The quantitative estimate of drug-likeness (QED) is 0.273. The number of furan rings is 1. The fourth-order valence-electron chi connectivity index (χ4n) is 5.41. The van der Waals surface area contributed by atoms with Crippen LogP contribution >= 0.6 is 0 Å². The van der Waals surface area contributed by atoms with Gasteiger partial charge >= 0.3 is 0 Å². The average molecular weight is 441 g/mol. The van der Waals surface area contributed by atoms with Gasteiger partial charge in [0.25, 0.3) is 0 Å². The largest absolute Gasteiger partial charge is 0.460 e. The number of para-hydroxylation sites is 1. The maximum atomic E-state index is 6.34. The lowest BCUT2D eigenvalue weighted by molar-refractivity contribution is 0.474. The summed E-state index contributed by atoms with van der Waals surface area (Å²) >= 11 is 0.